The highest BCUT2D eigenvalue weighted by Gasteiger charge is 2.58. The van der Waals surface area contributed by atoms with Crippen molar-refractivity contribution in [3.05, 3.63) is 35.9 Å². The first-order chi connectivity index (χ1) is 14.0. The standard InChI is InChI=1S/C25H44O4/c1-7-11-12-13-14-18-21-24(29-22(5)6,23-19-16-15-17-20-23)25(26-8-2,27-9-3)28-10-4/h15-17,19-20,22H,7-14,18,21H2,1-6H3. The van der Waals surface area contributed by atoms with Crippen molar-refractivity contribution in [1.82, 2.24) is 0 Å². The molecular formula is C25H44O4. The van der Waals surface area contributed by atoms with Gasteiger partial charge in [0.15, 0.2) is 5.60 Å². The largest absolute Gasteiger partial charge is 0.359 e. The predicted octanol–water partition coefficient (Wildman–Crippen LogP) is 6.82. The van der Waals surface area contributed by atoms with Crippen molar-refractivity contribution in [3.8, 4) is 0 Å². The van der Waals surface area contributed by atoms with Gasteiger partial charge in [0.2, 0.25) is 0 Å². The van der Waals surface area contributed by atoms with Crippen LogP contribution in [0.15, 0.2) is 30.3 Å². The van der Waals surface area contributed by atoms with E-state index in [0.29, 0.717) is 19.8 Å². The Bertz CT molecular complexity index is 500. The number of hydrogen-bond donors (Lipinski definition) is 0. The fraction of sp³-hybridized carbons (Fsp3) is 0.760. The number of ether oxygens (including phenoxy) is 4. The van der Waals surface area contributed by atoms with Crippen molar-refractivity contribution in [3.63, 3.8) is 0 Å². The van der Waals surface area contributed by atoms with Gasteiger partial charge in [-0.15, -0.1) is 0 Å². The fourth-order valence-electron chi connectivity index (χ4n) is 3.98. The number of benzene rings is 1. The quantitative estimate of drug-likeness (QED) is 0.209. The van der Waals surface area contributed by atoms with Crippen LogP contribution in [0, 0.1) is 0 Å². The molecule has 0 heterocycles. The van der Waals surface area contributed by atoms with Gasteiger partial charge in [0, 0.05) is 19.8 Å². The summed E-state index contributed by atoms with van der Waals surface area (Å²) in [6.45, 7) is 13.7. The van der Waals surface area contributed by atoms with E-state index in [2.05, 4.69) is 32.9 Å². The predicted molar refractivity (Wildman–Crippen MR) is 120 cm³/mol. The lowest BCUT2D eigenvalue weighted by Crippen LogP contribution is -2.59. The van der Waals surface area contributed by atoms with Crippen LogP contribution in [-0.2, 0) is 24.5 Å². The SMILES string of the molecule is CCCCCCCCC(OC(C)C)(c1ccccc1)C(OCC)(OCC)OCC. The molecule has 0 spiro atoms. The highest BCUT2D eigenvalue weighted by molar-refractivity contribution is 5.25. The first-order valence-corrected chi connectivity index (χ1v) is 11.7. The zero-order valence-electron chi connectivity index (χ0n) is 19.7. The molecule has 0 amide bonds. The van der Waals surface area contributed by atoms with E-state index in [1.807, 2.05) is 39.0 Å². The molecular weight excluding hydrogens is 364 g/mol. The Labute approximate surface area is 179 Å². The van der Waals surface area contributed by atoms with Crippen LogP contribution in [0.4, 0.5) is 0 Å². The average molecular weight is 409 g/mol. The summed E-state index contributed by atoms with van der Waals surface area (Å²) in [5.74, 6) is -1.28. The lowest BCUT2D eigenvalue weighted by Gasteiger charge is -2.49. The van der Waals surface area contributed by atoms with Gasteiger partial charge in [0.25, 0.3) is 0 Å². The third kappa shape index (κ3) is 7.36. The molecule has 1 aromatic carbocycles. The van der Waals surface area contributed by atoms with Gasteiger partial charge in [-0.05, 0) is 53.0 Å². The first-order valence-electron chi connectivity index (χ1n) is 11.7. The van der Waals surface area contributed by atoms with Crippen LogP contribution >= 0.6 is 0 Å². The van der Waals surface area contributed by atoms with Crippen LogP contribution in [0.2, 0.25) is 0 Å². The molecule has 0 saturated heterocycles. The molecule has 0 aliphatic heterocycles. The van der Waals surface area contributed by atoms with Gasteiger partial charge >= 0.3 is 5.97 Å². The second-order valence-corrected chi connectivity index (χ2v) is 7.73. The highest BCUT2D eigenvalue weighted by atomic mass is 16.9. The molecule has 4 nitrogen and oxygen atoms in total. The summed E-state index contributed by atoms with van der Waals surface area (Å²) >= 11 is 0. The van der Waals surface area contributed by atoms with Gasteiger partial charge in [-0.25, -0.2) is 0 Å². The molecule has 1 unspecified atom stereocenters. The second-order valence-electron chi connectivity index (χ2n) is 7.73. The van der Waals surface area contributed by atoms with E-state index in [1.165, 1.54) is 25.7 Å². The molecule has 1 atom stereocenters. The number of hydrogen-bond acceptors (Lipinski definition) is 4. The summed E-state index contributed by atoms with van der Waals surface area (Å²) in [4.78, 5) is 0. The van der Waals surface area contributed by atoms with Gasteiger partial charge in [-0.1, -0.05) is 69.4 Å². The summed E-state index contributed by atoms with van der Waals surface area (Å²) in [5, 5.41) is 0. The van der Waals surface area contributed by atoms with E-state index in [-0.39, 0.29) is 6.10 Å². The van der Waals surface area contributed by atoms with Gasteiger partial charge in [-0.3, -0.25) is 0 Å². The lowest BCUT2D eigenvalue weighted by molar-refractivity contribution is -0.455. The van der Waals surface area contributed by atoms with Crippen molar-refractivity contribution >= 4 is 0 Å². The minimum atomic E-state index is -1.28. The Kier molecular flexibility index (Phi) is 12.7. The molecule has 0 radical (unpaired) electrons. The van der Waals surface area contributed by atoms with Crippen molar-refractivity contribution < 1.29 is 18.9 Å². The number of rotatable bonds is 17. The Morgan fingerprint density at radius 2 is 1.24 bits per heavy atom. The van der Waals surface area contributed by atoms with Crippen molar-refractivity contribution in [2.45, 2.75) is 104 Å². The monoisotopic (exact) mass is 408 g/mol. The molecule has 1 aromatic rings. The van der Waals surface area contributed by atoms with E-state index in [9.17, 15) is 0 Å². The summed E-state index contributed by atoms with van der Waals surface area (Å²) in [6.07, 6.45) is 8.05. The smallest absolute Gasteiger partial charge is 0.318 e. The Balaban J connectivity index is 3.36. The van der Waals surface area contributed by atoms with E-state index >= 15 is 0 Å². The maximum absolute atomic E-state index is 6.70. The molecule has 29 heavy (non-hydrogen) atoms. The third-order valence-corrected chi connectivity index (χ3v) is 5.06. The van der Waals surface area contributed by atoms with Crippen molar-refractivity contribution in [1.29, 1.82) is 0 Å². The zero-order valence-corrected chi connectivity index (χ0v) is 19.7. The molecule has 0 aliphatic rings. The van der Waals surface area contributed by atoms with Gasteiger partial charge < -0.3 is 18.9 Å². The molecule has 0 fully saturated rings. The van der Waals surface area contributed by atoms with E-state index in [1.54, 1.807) is 0 Å². The summed E-state index contributed by atoms with van der Waals surface area (Å²) in [5.41, 5.74) is 0.201. The Hall–Kier alpha value is -0.940. The minimum Gasteiger partial charge on any atom is -0.359 e. The minimum absolute atomic E-state index is 0.00367. The normalized spacial score (nSPS) is 14.3. The number of unbranched alkanes of at least 4 members (excludes halogenated alkanes) is 5. The topological polar surface area (TPSA) is 36.9 Å². The van der Waals surface area contributed by atoms with Gasteiger partial charge in [0.05, 0.1) is 6.10 Å². The van der Waals surface area contributed by atoms with Crippen LogP contribution in [0.1, 0.15) is 92.1 Å². The molecule has 4 heteroatoms. The van der Waals surface area contributed by atoms with Gasteiger partial charge in [-0.2, -0.15) is 0 Å². The summed E-state index contributed by atoms with van der Waals surface area (Å²) in [6, 6.07) is 10.3. The van der Waals surface area contributed by atoms with E-state index in [0.717, 1.165) is 24.8 Å². The van der Waals surface area contributed by atoms with Gasteiger partial charge in [0.1, 0.15) is 0 Å². The maximum atomic E-state index is 6.70. The van der Waals surface area contributed by atoms with Crippen LogP contribution in [0.25, 0.3) is 0 Å². The van der Waals surface area contributed by atoms with Crippen LogP contribution in [0.5, 0.6) is 0 Å². The molecule has 0 bridgehead atoms. The molecule has 168 valence electrons. The fourth-order valence-corrected chi connectivity index (χ4v) is 3.98. The van der Waals surface area contributed by atoms with E-state index < -0.39 is 11.6 Å². The van der Waals surface area contributed by atoms with Crippen LogP contribution in [0.3, 0.4) is 0 Å². The molecule has 0 saturated carbocycles. The van der Waals surface area contributed by atoms with E-state index in [4.69, 9.17) is 18.9 Å². The first kappa shape index (κ1) is 26.1. The van der Waals surface area contributed by atoms with Crippen LogP contribution in [-0.4, -0.2) is 31.9 Å². The average Bonchev–Trinajstić information content (AvgIpc) is 2.70. The summed E-state index contributed by atoms with van der Waals surface area (Å²) in [7, 11) is 0. The zero-order chi connectivity index (χ0) is 21.6. The second kappa shape index (κ2) is 14.1. The maximum Gasteiger partial charge on any atom is 0.318 e. The Morgan fingerprint density at radius 3 is 1.72 bits per heavy atom. The molecule has 0 aromatic heterocycles. The van der Waals surface area contributed by atoms with Crippen molar-refractivity contribution in [2.24, 2.45) is 0 Å². The van der Waals surface area contributed by atoms with Crippen molar-refractivity contribution in [2.75, 3.05) is 19.8 Å². The Morgan fingerprint density at radius 1 is 0.724 bits per heavy atom. The highest BCUT2D eigenvalue weighted by Crippen LogP contribution is 2.46. The third-order valence-electron chi connectivity index (χ3n) is 5.06. The van der Waals surface area contributed by atoms with Crippen LogP contribution < -0.4 is 0 Å². The molecule has 1 rings (SSSR count). The molecule has 0 aliphatic carbocycles. The summed E-state index contributed by atoms with van der Waals surface area (Å²) < 4.78 is 25.5. The molecule has 0 N–H and O–H groups in total. The lowest BCUT2D eigenvalue weighted by atomic mass is 9.84.